The number of esters is 1. The van der Waals surface area contributed by atoms with Gasteiger partial charge in [0.2, 0.25) is 0 Å². The second-order valence-corrected chi connectivity index (χ2v) is 3.70. The molecular weight excluding hydrogens is 200 g/mol. The minimum atomic E-state index is -0.738. The molecule has 1 saturated heterocycles. The van der Waals surface area contributed by atoms with Crippen molar-refractivity contribution < 1.29 is 24.1 Å². The van der Waals surface area contributed by atoms with E-state index < -0.39 is 24.0 Å². The van der Waals surface area contributed by atoms with Crippen LogP contribution >= 0.6 is 0 Å². The minimum absolute atomic E-state index is 0.153. The van der Waals surface area contributed by atoms with Gasteiger partial charge in [-0.1, -0.05) is 0 Å². The molecule has 1 N–H and O–H groups in total. The van der Waals surface area contributed by atoms with E-state index in [0.717, 1.165) is 0 Å². The van der Waals surface area contributed by atoms with Gasteiger partial charge in [0.1, 0.15) is 12.2 Å². The summed E-state index contributed by atoms with van der Waals surface area (Å²) in [5.74, 6) is -1.20. The Morgan fingerprint density at radius 3 is 2.73 bits per heavy atom. The Morgan fingerprint density at radius 1 is 1.53 bits per heavy atom. The van der Waals surface area contributed by atoms with Crippen LogP contribution in [0.15, 0.2) is 12.2 Å². The van der Waals surface area contributed by atoms with Crippen molar-refractivity contribution >= 4 is 5.97 Å². The summed E-state index contributed by atoms with van der Waals surface area (Å²) in [5.41, 5.74) is 0. The van der Waals surface area contributed by atoms with Crippen molar-refractivity contribution in [1.29, 1.82) is 0 Å². The molecule has 0 radical (unpaired) electrons. The molecule has 15 heavy (non-hydrogen) atoms. The van der Waals surface area contributed by atoms with E-state index in [4.69, 9.17) is 14.6 Å². The average Bonchev–Trinajstić information content (AvgIpc) is 2.49. The lowest BCUT2D eigenvalue weighted by Gasteiger charge is -2.15. The van der Waals surface area contributed by atoms with E-state index in [0.29, 0.717) is 0 Å². The maximum atomic E-state index is 10.9. The standard InChI is InChI=1S/C10H16O5/c1-10(2)14-7(8(6-11)15-10)4-5-9(12)13-3/h4-5,7-8,11H,6H2,1-3H3/b5-4-/t7-,8+/m1/s1. The molecule has 5 heteroatoms. The predicted molar refractivity (Wildman–Crippen MR) is 52.1 cm³/mol. The van der Waals surface area contributed by atoms with Crippen molar-refractivity contribution in [1.82, 2.24) is 0 Å². The molecule has 0 aliphatic carbocycles. The van der Waals surface area contributed by atoms with Gasteiger partial charge in [-0.15, -0.1) is 0 Å². The fraction of sp³-hybridized carbons (Fsp3) is 0.700. The SMILES string of the molecule is COC(=O)/C=C\[C@H]1OC(C)(C)O[C@H]1CO. The van der Waals surface area contributed by atoms with Gasteiger partial charge < -0.3 is 19.3 Å². The van der Waals surface area contributed by atoms with E-state index in [1.807, 2.05) is 0 Å². The lowest BCUT2D eigenvalue weighted by molar-refractivity contribution is -0.146. The van der Waals surface area contributed by atoms with Crippen LogP contribution in [0.4, 0.5) is 0 Å². The van der Waals surface area contributed by atoms with Gasteiger partial charge in [-0.2, -0.15) is 0 Å². The summed E-state index contributed by atoms with van der Waals surface area (Å²) in [6, 6.07) is 0. The number of hydrogen-bond donors (Lipinski definition) is 1. The highest BCUT2D eigenvalue weighted by molar-refractivity contribution is 5.81. The molecular formula is C10H16O5. The monoisotopic (exact) mass is 216 g/mol. The first-order valence-corrected chi connectivity index (χ1v) is 4.71. The number of rotatable bonds is 3. The van der Waals surface area contributed by atoms with Crippen LogP contribution in [0.5, 0.6) is 0 Å². The van der Waals surface area contributed by atoms with Gasteiger partial charge in [-0.25, -0.2) is 4.79 Å². The van der Waals surface area contributed by atoms with Gasteiger partial charge in [0.15, 0.2) is 5.79 Å². The van der Waals surface area contributed by atoms with Gasteiger partial charge in [0.25, 0.3) is 0 Å². The lowest BCUT2D eigenvalue weighted by Crippen LogP contribution is -2.24. The number of ether oxygens (including phenoxy) is 3. The Bertz CT molecular complexity index is 259. The van der Waals surface area contributed by atoms with Crippen molar-refractivity contribution in [3.8, 4) is 0 Å². The Morgan fingerprint density at radius 2 is 2.20 bits per heavy atom. The zero-order chi connectivity index (χ0) is 11.5. The summed E-state index contributed by atoms with van der Waals surface area (Å²) in [5, 5.41) is 9.04. The third-order valence-corrected chi connectivity index (χ3v) is 2.02. The largest absolute Gasteiger partial charge is 0.466 e. The molecule has 2 atom stereocenters. The average molecular weight is 216 g/mol. The van der Waals surface area contributed by atoms with E-state index in [9.17, 15) is 4.79 Å². The first-order valence-electron chi connectivity index (χ1n) is 4.71. The van der Waals surface area contributed by atoms with Crippen LogP contribution in [0.3, 0.4) is 0 Å². The van der Waals surface area contributed by atoms with Crippen LogP contribution in [-0.4, -0.2) is 42.8 Å². The molecule has 0 unspecified atom stereocenters. The van der Waals surface area contributed by atoms with E-state index in [1.54, 1.807) is 13.8 Å². The Balaban J connectivity index is 2.61. The number of methoxy groups -OCH3 is 1. The normalized spacial score (nSPS) is 29.6. The van der Waals surface area contributed by atoms with E-state index in [2.05, 4.69) is 4.74 Å². The molecule has 0 bridgehead atoms. The molecule has 0 aromatic heterocycles. The third-order valence-electron chi connectivity index (χ3n) is 2.02. The summed E-state index contributed by atoms with van der Waals surface area (Å²) in [6.45, 7) is 3.35. The number of carbonyl (C=O) groups is 1. The Hall–Kier alpha value is -0.910. The molecule has 1 aliphatic rings. The first kappa shape index (κ1) is 12.2. The Labute approximate surface area is 88.6 Å². The molecule has 1 fully saturated rings. The summed E-state index contributed by atoms with van der Waals surface area (Å²) >= 11 is 0. The van der Waals surface area contributed by atoms with Crippen molar-refractivity contribution in [3.05, 3.63) is 12.2 Å². The second kappa shape index (κ2) is 4.74. The van der Waals surface area contributed by atoms with Gasteiger partial charge in [0, 0.05) is 6.08 Å². The van der Waals surface area contributed by atoms with Crippen molar-refractivity contribution in [2.45, 2.75) is 31.8 Å². The summed E-state index contributed by atoms with van der Waals surface area (Å²) in [7, 11) is 1.30. The molecule has 86 valence electrons. The van der Waals surface area contributed by atoms with Crippen LogP contribution in [-0.2, 0) is 19.0 Å². The molecule has 0 spiro atoms. The van der Waals surface area contributed by atoms with Crippen LogP contribution in [0.1, 0.15) is 13.8 Å². The molecule has 5 nitrogen and oxygen atoms in total. The maximum Gasteiger partial charge on any atom is 0.330 e. The quantitative estimate of drug-likeness (QED) is 0.540. The topological polar surface area (TPSA) is 65.0 Å². The van der Waals surface area contributed by atoms with Crippen LogP contribution in [0.2, 0.25) is 0 Å². The summed E-state index contributed by atoms with van der Waals surface area (Å²) < 4.78 is 15.3. The number of hydrogen-bond acceptors (Lipinski definition) is 5. The third kappa shape index (κ3) is 3.30. The minimum Gasteiger partial charge on any atom is -0.466 e. The zero-order valence-electron chi connectivity index (χ0n) is 9.10. The van der Waals surface area contributed by atoms with Crippen molar-refractivity contribution in [2.75, 3.05) is 13.7 Å². The number of carbonyl (C=O) groups excluding carboxylic acids is 1. The highest BCUT2D eigenvalue weighted by Crippen LogP contribution is 2.28. The summed E-state index contributed by atoms with van der Waals surface area (Å²) in [6.07, 6.45) is 1.92. The van der Waals surface area contributed by atoms with Crippen LogP contribution in [0, 0.1) is 0 Å². The second-order valence-electron chi connectivity index (χ2n) is 3.70. The number of aliphatic hydroxyl groups is 1. The van der Waals surface area contributed by atoms with E-state index >= 15 is 0 Å². The zero-order valence-corrected chi connectivity index (χ0v) is 9.10. The maximum absolute atomic E-state index is 10.9. The molecule has 0 aromatic rings. The van der Waals surface area contributed by atoms with Gasteiger partial charge in [-0.05, 0) is 19.9 Å². The van der Waals surface area contributed by atoms with E-state index in [1.165, 1.54) is 19.3 Å². The Kier molecular flexibility index (Phi) is 3.84. The highest BCUT2D eigenvalue weighted by atomic mass is 16.8. The lowest BCUT2D eigenvalue weighted by atomic mass is 10.2. The summed E-state index contributed by atoms with van der Waals surface area (Å²) in [4.78, 5) is 10.9. The van der Waals surface area contributed by atoms with Gasteiger partial charge in [0.05, 0.1) is 13.7 Å². The van der Waals surface area contributed by atoms with Crippen molar-refractivity contribution in [2.24, 2.45) is 0 Å². The van der Waals surface area contributed by atoms with Crippen LogP contribution < -0.4 is 0 Å². The van der Waals surface area contributed by atoms with Gasteiger partial charge >= 0.3 is 5.97 Å². The van der Waals surface area contributed by atoms with Crippen LogP contribution in [0.25, 0.3) is 0 Å². The molecule has 1 heterocycles. The van der Waals surface area contributed by atoms with E-state index in [-0.39, 0.29) is 6.61 Å². The van der Waals surface area contributed by atoms with Crippen molar-refractivity contribution in [3.63, 3.8) is 0 Å². The molecule has 1 aliphatic heterocycles. The molecule has 0 amide bonds. The molecule has 0 saturated carbocycles. The first-order chi connectivity index (χ1) is 6.98. The predicted octanol–water partition coefficient (Wildman–Crippen LogP) is 0.228. The fourth-order valence-electron chi connectivity index (χ4n) is 1.41. The smallest absolute Gasteiger partial charge is 0.330 e. The fourth-order valence-corrected chi connectivity index (χ4v) is 1.41. The highest BCUT2D eigenvalue weighted by Gasteiger charge is 2.39. The van der Waals surface area contributed by atoms with Gasteiger partial charge in [-0.3, -0.25) is 0 Å². The number of aliphatic hydroxyl groups excluding tert-OH is 1. The molecule has 0 aromatic carbocycles. The molecule has 1 rings (SSSR count).